The predicted octanol–water partition coefficient (Wildman–Crippen LogP) is 4.48. The summed E-state index contributed by atoms with van der Waals surface area (Å²) in [5.41, 5.74) is 0.582. The first-order chi connectivity index (χ1) is 14.7. The fraction of sp³-hybridized carbons (Fsp3) is 0.591. The predicted molar refractivity (Wildman–Crippen MR) is 114 cm³/mol. The average Bonchev–Trinajstić information content (AvgIpc) is 2.77. The van der Waals surface area contributed by atoms with Gasteiger partial charge >= 0.3 is 12.0 Å². The summed E-state index contributed by atoms with van der Waals surface area (Å²) in [5, 5.41) is 2.75. The Balaban J connectivity index is 1.82. The monoisotopic (exact) mass is 500 g/mol. The van der Waals surface area contributed by atoms with Crippen LogP contribution < -0.4 is 5.32 Å². The zero-order valence-electron chi connectivity index (χ0n) is 17.4. The molecule has 2 aliphatic rings. The highest BCUT2D eigenvalue weighted by molar-refractivity contribution is 9.10. The van der Waals surface area contributed by atoms with Gasteiger partial charge in [-0.25, -0.2) is 13.6 Å². The lowest BCUT2D eigenvalue weighted by atomic mass is 9.74. The third-order valence-electron chi connectivity index (χ3n) is 6.17. The van der Waals surface area contributed by atoms with E-state index in [1.807, 2.05) is 0 Å². The van der Waals surface area contributed by atoms with E-state index in [9.17, 15) is 23.2 Å². The summed E-state index contributed by atoms with van der Waals surface area (Å²) in [7, 11) is 1.30. The Morgan fingerprint density at radius 2 is 1.68 bits per heavy atom. The van der Waals surface area contributed by atoms with E-state index >= 15 is 0 Å². The minimum absolute atomic E-state index is 0.0751. The number of methoxy groups -OCH3 is 1. The zero-order valence-corrected chi connectivity index (χ0v) is 19.0. The van der Waals surface area contributed by atoms with E-state index in [1.54, 1.807) is 24.3 Å². The van der Waals surface area contributed by atoms with Crippen molar-refractivity contribution >= 4 is 33.7 Å². The molecule has 0 aromatic heterocycles. The smallest absolute Gasteiger partial charge is 0.318 e. The van der Waals surface area contributed by atoms with Crippen LogP contribution in [-0.2, 0) is 14.3 Å². The second-order valence-corrected chi connectivity index (χ2v) is 9.12. The topological polar surface area (TPSA) is 75.7 Å². The van der Waals surface area contributed by atoms with Crippen molar-refractivity contribution in [3.05, 3.63) is 34.3 Å². The number of likely N-dealkylation sites (tertiary alicyclic amines) is 1. The van der Waals surface area contributed by atoms with Gasteiger partial charge in [0.05, 0.1) is 13.0 Å². The van der Waals surface area contributed by atoms with Crippen LogP contribution in [0, 0.1) is 11.8 Å². The molecular weight excluding hydrogens is 474 g/mol. The normalized spacial score (nSPS) is 24.2. The fourth-order valence-electron chi connectivity index (χ4n) is 4.34. The number of carbonyl (C=O) groups excluding carboxylic acids is 3. The van der Waals surface area contributed by atoms with E-state index < -0.39 is 48.6 Å². The van der Waals surface area contributed by atoms with Gasteiger partial charge in [0.2, 0.25) is 0 Å². The number of ether oxygens (including phenoxy) is 1. The molecule has 0 radical (unpaired) electrons. The van der Waals surface area contributed by atoms with Crippen LogP contribution in [0.3, 0.4) is 0 Å². The van der Waals surface area contributed by atoms with E-state index in [2.05, 4.69) is 21.2 Å². The molecule has 3 rings (SSSR count). The van der Waals surface area contributed by atoms with Gasteiger partial charge in [-0.3, -0.25) is 9.59 Å². The minimum Gasteiger partial charge on any atom is -0.469 e. The number of carbonyl (C=O) groups is 3. The SMILES string of the molecule is COC(=O)[C@@H]1CCCC[C@H]1C(=O)C(NC(=O)N1CCC(F)(F)CC1)c1ccc(Br)cc1. The summed E-state index contributed by atoms with van der Waals surface area (Å²) < 4.78 is 32.7. The summed E-state index contributed by atoms with van der Waals surface area (Å²) in [6.45, 7) is -0.150. The number of urea groups is 1. The van der Waals surface area contributed by atoms with Gasteiger partial charge in [0.1, 0.15) is 6.04 Å². The quantitative estimate of drug-likeness (QED) is 0.604. The van der Waals surface area contributed by atoms with Gasteiger partial charge in [-0.05, 0) is 30.5 Å². The molecule has 0 bridgehead atoms. The van der Waals surface area contributed by atoms with Gasteiger partial charge in [-0.1, -0.05) is 40.9 Å². The van der Waals surface area contributed by atoms with Crippen molar-refractivity contribution < 1.29 is 27.9 Å². The lowest BCUT2D eigenvalue weighted by Gasteiger charge is -2.35. The van der Waals surface area contributed by atoms with Crippen molar-refractivity contribution in [1.29, 1.82) is 0 Å². The molecule has 31 heavy (non-hydrogen) atoms. The molecule has 9 heteroatoms. The highest BCUT2D eigenvalue weighted by atomic mass is 79.9. The van der Waals surface area contributed by atoms with E-state index in [4.69, 9.17) is 4.74 Å². The zero-order chi connectivity index (χ0) is 22.6. The van der Waals surface area contributed by atoms with Crippen LogP contribution in [0.15, 0.2) is 28.7 Å². The van der Waals surface area contributed by atoms with Gasteiger partial charge in [-0.2, -0.15) is 0 Å². The van der Waals surface area contributed by atoms with Crippen LogP contribution in [0.25, 0.3) is 0 Å². The standard InChI is InChI=1S/C22H27BrF2N2O4/c1-31-20(29)17-5-3-2-4-16(17)19(28)18(14-6-8-15(23)9-7-14)26-21(30)27-12-10-22(24,25)11-13-27/h6-9,16-18H,2-5,10-13H2,1H3,(H,26,30)/t16-,17-,18?/m1/s1. The van der Waals surface area contributed by atoms with Gasteiger partial charge < -0.3 is 15.0 Å². The molecule has 1 saturated heterocycles. The molecule has 170 valence electrons. The summed E-state index contributed by atoms with van der Waals surface area (Å²) >= 11 is 3.36. The first-order valence-electron chi connectivity index (χ1n) is 10.5. The van der Waals surface area contributed by atoms with Crippen molar-refractivity contribution in [2.45, 2.75) is 50.5 Å². The van der Waals surface area contributed by atoms with Crippen molar-refractivity contribution in [1.82, 2.24) is 10.2 Å². The summed E-state index contributed by atoms with van der Waals surface area (Å²) in [4.78, 5) is 40.0. The first kappa shape index (κ1) is 23.6. The maximum atomic E-state index is 13.6. The van der Waals surface area contributed by atoms with Crippen LogP contribution in [-0.4, -0.2) is 48.8 Å². The number of ketones is 1. The maximum Gasteiger partial charge on any atom is 0.318 e. The number of benzene rings is 1. The number of amides is 2. The molecule has 2 amide bonds. The van der Waals surface area contributed by atoms with E-state index in [-0.39, 0.29) is 18.9 Å². The molecule has 1 saturated carbocycles. The molecular formula is C22H27BrF2N2O4. The number of hydrogen-bond donors (Lipinski definition) is 1. The Hall–Kier alpha value is -2.03. The van der Waals surface area contributed by atoms with E-state index in [0.717, 1.165) is 17.3 Å². The van der Waals surface area contributed by atoms with E-state index in [0.29, 0.717) is 18.4 Å². The molecule has 3 atom stereocenters. The fourth-order valence-corrected chi connectivity index (χ4v) is 4.61. The number of esters is 1. The first-order valence-corrected chi connectivity index (χ1v) is 11.3. The highest BCUT2D eigenvalue weighted by Crippen LogP contribution is 2.35. The third kappa shape index (κ3) is 5.81. The lowest BCUT2D eigenvalue weighted by molar-refractivity contribution is -0.152. The molecule has 1 aromatic rings. The largest absolute Gasteiger partial charge is 0.469 e. The number of nitrogens with one attached hydrogen (secondary N) is 1. The molecule has 1 aliphatic heterocycles. The molecule has 1 heterocycles. The van der Waals surface area contributed by atoms with Crippen LogP contribution in [0.5, 0.6) is 0 Å². The maximum absolute atomic E-state index is 13.6. The number of halogens is 3. The van der Waals surface area contributed by atoms with E-state index in [1.165, 1.54) is 12.0 Å². The van der Waals surface area contributed by atoms with Gasteiger partial charge in [0.15, 0.2) is 5.78 Å². The molecule has 1 aromatic carbocycles. The lowest BCUT2D eigenvalue weighted by Crippen LogP contribution is -2.50. The Labute approximate surface area is 188 Å². The Morgan fingerprint density at radius 1 is 1.10 bits per heavy atom. The van der Waals surface area contributed by atoms with Crippen molar-refractivity contribution in [2.75, 3.05) is 20.2 Å². The molecule has 6 nitrogen and oxygen atoms in total. The Kier molecular flexibility index (Phi) is 7.67. The third-order valence-corrected chi connectivity index (χ3v) is 6.70. The summed E-state index contributed by atoms with van der Waals surface area (Å²) in [6.07, 6.45) is 1.95. The van der Waals surface area contributed by atoms with Crippen LogP contribution in [0.1, 0.15) is 50.1 Å². The molecule has 1 N–H and O–H groups in total. The number of nitrogens with zero attached hydrogens (tertiary/aromatic N) is 1. The van der Waals surface area contributed by atoms with Crippen molar-refractivity contribution in [3.8, 4) is 0 Å². The number of hydrogen-bond acceptors (Lipinski definition) is 4. The minimum atomic E-state index is -2.77. The number of piperidine rings is 1. The summed E-state index contributed by atoms with van der Waals surface area (Å²) in [5.74, 6) is -4.56. The van der Waals surface area contributed by atoms with Crippen LogP contribution >= 0.6 is 15.9 Å². The molecule has 2 fully saturated rings. The highest BCUT2D eigenvalue weighted by Gasteiger charge is 2.41. The Morgan fingerprint density at radius 3 is 2.26 bits per heavy atom. The van der Waals surface area contributed by atoms with Gasteiger partial charge in [0.25, 0.3) is 5.92 Å². The van der Waals surface area contributed by atoms with Gasteiger partial charge in [0, 0.05) is 36.3 Å². The molecule has 1 aliphatic carbocycles. The molecule has 1 unspecified atom stereocenters. The van der Waals surface area contributed by atoms with Crippen molar-refractivity contribution in [2.24, 2.45) is 11.8 Å². The van der Waals surface area contributed by atoms with Crippen molar-refractivity contribution in [3.63, 3.8) is 0 Å². The Bertz CT molecular complexity index is 808. The van der Waals surface area contributed by atoms with Gasteiger partial charge in [-0.15, -0.1) is 0 Å². The molecule has 0 spiro atoms. The summed E-state index contributed by atoms with van der Waals surface area (Å²) in [6, 6.07) is 5.46. The second-order valence-electron chi connectivity index (χ2n) is 8.20. The number of rotatable bonds is 5. The van der Waals surface area contributed by atoms with Crippen LogP contribution in [0.4, 0.5) is 13.6 Å². The van der Waals surface area contributed by atoms with Crippen LogP contribution in [0.2, 0.25) is 0 Å². The average molecular weight is 501 g/mol. The number of alkyl halides is 2. The number of Topliss-reactive ketones (excluding diaryl/α,β-unsaturated/α-hetero) is 1. The second kappa shape index (κ2) is 10.1.